The lowest BCUT2D eigenvalue weighted by molar-refractivity contribution is 1.06. The van der Waals surface area contributed by atoms with Gasteiger partial charge >= 0.3 is 0 Å². The van der Waals surface area contributed by atoms with Crippen LogP contribution in [0.15, 0.2) is 65.1 Å². The van der Waals surface area contributed by atoms with Crippen LogP contribution in [0.1, 0.15) is 28.2 Å². The molecule has 0 aromatic heterocycles. The largest absolute Gasteiger partial charge is 0.0720 e. The summed E-state index contributed by atoms with van der Waals surface area (Å²) in [7, 11) is 0. The SMILES string of the molecule is Cc1ccc(C2C=Cc3ccccc32)c2c(Br)cccc12. The van der Waals surface area contributed by atoms with Gasteiger partial charge < -0.3 is 0 Å². The summed E-state index contributed by atoms with van der Waals surface area (Å²) >= 11 is 3.74. The molecule has 102 valence electrons. The fourth-order valence-corrected chi connectivity index (χ4v) is 3.91. The zero-order chi connectivity index (χ0) is 14.4. The summed E-state index contributed by atoms with van der Waals surface area (Å²) in [5, 5.41) is 2.67. The highest BCUT2D eigenvalue weighted by Crippen LogP contribution is 2.41. The molecular formula is C20H15Br. The first-order chi connectivity index (χ1) is 10.3. The van der Waals surface area contributed by atoms with Gasteiger partial charge in [-0.15, -0.1) is 0 Å². The molecule has 0 bridgehead atoms. The zero-order valence-corrected chi connectivity index (χ0v) is 13.4. The molecule has 0 amide bonds. The first-order valence-corrected chi connectivity index (χ1v) is 8.00. The molecule has 3 aromatic rings. The van der Waals surface area contributed by atoms with Crippen molar-refractivity contribution in [3.63, 3.8) is 0 Å². The molecule has 0 saturated carbocycles. The third-order valence-corrected chi connectivity index (χ3v) is 5.04. The van der Waals surface area contributed by atoms with E-state index in [4.69, 9.17) is 0 Å². The first-order valence-electron chi connectivity index (χ1n) is 7.20. The minimum Gasteiger partial charge on any atom is -0.0720 e. The maximum atomic E-state index is 3.74. The van der Waals surface area contributed by atoms with Crippen molar-refractivity contribution in [3.05, 3.63) is 87.4 Å². The van der Waals surface area contributed by atoms with Gasteiger partial charge in [-0.1, -0.05) is 76.6 Å². The summed E-state index contributed by atoms with van der Waals surface area (Å²) in [5.74, 6) is 0.350. The van der Waals surface area contributed by atoms with Crippen LogP contribution in [0.25, 0.3) is 16.8 Å². The molecule has 0 spiro atoms. The van der Waals surface area contributed by atoms with Crippen molar-refractivity contribution >= 4 is 32.8 Å². The maximum absolute atomic E-state index is 3.74. The molecule has 21 heavy (non-hydrogen) atoms. The number of aryl methyl sites for hydroxylation is 1. The minimum atomic E-state index is 0.350. The summed E-state index contributed by atoms with van der Waals surface area (Å²) in [5.41, 5.74) is 5.44. The third kappa shape index (κ3) is 1.96. The van der Waals surface area contributed by atoms with E-state index in [0.717, 1.165) is 0 Å². The van der Waals surface area contributed by atoms with E-state index in [0.29, 0.717) is 5.92 Å². The van der Waals surface area contributed by atoms with E-state index in [9.17, 15) is 0 Å². The Hall–Kier alpha value is -1.86. The summed E-state index contributed by atoms with van der Waals surface area (Å²) in [6.45, 7) is 2.18. The van der Waals surface area contributed by atoms with Crippen LogP contribution in [0.5, 0.6) is 0 Å². The lowest BCUT2D eigenvalue weighted by Crippen LogP contribution is -1.98. The van der Waals surface area contributed by atoms with Crippen molar-refractivity contribution in [3.8, 4) is 0 Å². The molecule has 0 nitrogen and oxygen atoms in total. The molecule has 0 N–H and O–H groups in total. The molecule has 0 fully saturated rings. The Labute approximate surface area is 133 Å². The number of fused-ring (bicyclic) bond motifs is 2. The normalized spacial score (nSPS) is 16.4. The number of allylic oxidation sites excluding steroid dienone is 1. The summed E-state index contributed by atoms with van der Waals surface area (Å²) in [6, 6.07) is 19.6. The Balaban J connectivity index is 2.01. The molecule has 0 radical (unpaired) electrons. The molecule has 0 aliphatic heterocycles. The Bertz CT molecular complexity index is 874. The van der Waals surface area contributed by atoms with Gasteiger partial charge in [0, 0.05) is 15.8 Å². The second-order valence-corrected chi connectivity index (χ2v) is 6.45. The van der Waals surface area contributed by atoms with Crippen LogP contribution < -0.4 is 0 Å². The number of halogens is 1. The van der Waals surface area contributed by atoms with E-state index in [1.165, 1.54) is 37.5 Å². The Kier molecular flexibility index (Phi) is 2.97. The van der Waals surface area contributed by atoms with Gasteiger partial charge in [0.1, 0.15) is 0 Å². The molecule has 0 saturated heterocycles. The fourth-order valence-electron chi connectivity index (χ4n) is 3.31. The van der Waals surface area contributed by atoms with Crippen LogP contribution in [0.3, 0.4) is 0 Å². The van der Waals surface area contributed by atoms with Crippen molar-refractivity contribution in [1.82, 2.24) is 0 Å². The smallest absolute Gasteiger partial charge is 0.0285 e. The van der Waals surface area contributed by atoms with Gasteiger partial charge in [0.2, 0.25) is 0 Å². The molecule has 1 aliphatic rings. The number of rotatable bonds is 1. The zero-order valence-electron chi connectivity index (χ0n) is 11.8. The van der Waals surface area contributed by atoms with Crippen molar-refractivity contribution in [2.75, 3.05) is 0 Å². The molecule has 3 aromatic carbocycles. The second-order valence-electron chi connectivity index (χ2n) is 5.60. The molecule has 1 heteroatoms. The van der Waals surface area contributed by atoms with Crippen molar-refractivity contribution < 1.29 is 0 Å². The monoisotopic (exact) mass is 334 g/mol. The van der Waals surface area contributed by atoms with Crippen LogP contribution in [-0.4, -0.2) is 0 Å². The third-order valence-electron chi connectivity index (χ3n) is 4.37. The highest BCUT2D eigenvalue weighted by atomic mass is 79.9. The molecular weight excluding hydrogens is 320 g/mol. The molecule has 0 heterocycles. The van der Waals surface area contributed by atoms with E-state index in [1.807, 2.05) is 0 Å². The van der Waals surface area contributed by atoms with Crippen LogP contribution in [0, 0.1) is 6.92 Å². The number of benzene rings is 3. The van der Waals surface area contributed by atoms with Crippen LogP contribution in [-0.2, 0) is 0 Å². The number of hydrogen-bond acceptors (Lipinski definition) is 0. The van der Waals surface area contributed by atoms with Gasteiger partial charge in [-0.05, 0) is 40.6 Å². The van der Waals surface area contributed by atoms with E-state index in [-0.39, 0.29) is 0 Å². The predicted octanol–water partition coefficient (Wildman–Crippen LogP) is 6.07. The highest BCUT2D eigenvalue weighted by Gasteiger charge is 2.21. The average Bonchev–Trinajstić information content (AvgIpc) is 2.92. The van der Waals surface area contributed by atoms with Crippen molar-refractivity contribution in [2.45, 2.75) is 12.8 Å². The highest BCUT2D eigenvalue weighted by molar-refractivity contribution is 9.10. The van der Waals surface area contributed by atoms with Gasteiger partial charge in [-0.2, -0.15) is 0 Å². The molecule has 4 rings (SSSR count). The molecule has 1 unspecified atom stereocenters. The van der Waals surface area contributed by atoms with Crippen LogP contribution in [0.4, 0.5) is 0 Å². The Morgan fingerprint density at radius 1 is 0.857 bits per heavy atom. The van der Waals surface area contributed by atoms with Gasteiger partial charge in [-0.3, -0.25) is 0 Å². The fraction of sp³-hybridized carbons (Fsp3) is 0.100. The predicted molar refractivity (Wildman–Crippen MR) is 93.7 cm³/mol. The maximum Gasteiger partial charge on any atom is 0.0285 e. The Morgan fingerprint density at radius 3 is 2.62 bits per heavy atom. The minimum absolute atomic E-state index is 0.350. The van der Waals surface area contributed by atoms with E-state index < -0.39 is 0 Å². The second kappa shape index (κ2) is 4.85. The molecule has 1 atom stereocenters. The van der Waals surface area contributed by atoms with E-state index >= 15 is 0 Å². The number of hydrogen-bond donors (Lipinski definition) is 0. The van der Waals surface area contributed by atoms with Gasteiger partial charge in [0.15, 0.2) is 0 Å². The molecule has 1 aliphatic carbocycles. The standard InChI is InChI=1S/C20H15Br/c1-13-9-11-18(20-15(13)7-4-8-19(20)21)17-12-10-14-5-2-3-6-16(14)17/h2-12,17H,1H3. The topological polar surface area (TPSA) is 0 Å². The quantitative estimate of drug-likeness (QED) is 0.506. The summed E-state index contributed by atoms with van der Waals surface area (Å²) < 4.78 is 1.18. The van der Waals surface area contributed by atoms with Gasteiger partial charge in [-0.25, -0.2) is 0 Å². The summed E-state index contributed by atoms with van der Waals surface area (Å²) in [4.78, 5) is 0. The van der Waals surface area contributed by atoms with E-state index in [2.05, 4.69) is 89.6 Å². The lowest BCUT2D eigenvalue weighted by atomic mass is 9.88. The van der Waals surface area contributed by atoms with Gasteiger partial charge in [0.05, 0.1) is 0 Å². The van der Waals surface area contributed by atoms with E-state index in [1.54, 1.807) is 0 Å². The summed E-state index contributed by atoms with van der Waals surface area (Å²) in [6.07, 6.45) is 4.55. The lowest BCUT2D eigenvalue weighted by Gasteiger charge is -2.17. The first kappa shape index (κ1) is 12.8. The van der Waals surface area contributed by atoms with Crippen molar-refractivity contribution in [2.24, 2.45) is 0 Å². The van der Waals surface area contributed by atoms with Crippen LogP contribution in [0.2, 0.25) is 0 Å². The Morgan fingerprint density at radius 2 is 1.71 bits per heavy atom. The average molecular weight is 335 g/mol. The van der Waals surface area contributed by atoms with Gasteiger partial charge in [0.25, 0.3) is 0 Å². The van der Waals surface area contributed by atoms with Crippen molar-refractivity contribution in [1.29, 1.82) is 0 Å². The van der Waals surface area contributed by atoms with Crippen LogP contribution >= 0.6 is 15.9 Å².